The largest absolute Gasteiger partial charge is 0.472 e. The number of hydrogen-bond acceptors (Lipinski definition) is 6. The molecule has 31 heavy (non-hydrogen) atoms. The van der Waals surface area contributed by atoms with Gasteiger partial charge in [-0.1, -0.05) is 41.9 Å². The van der Waals surface area contributed by atoms with Gasteiger partial charge in [0.1, 0.15) is 5.75 Å². The van der Waals surface area contributed by atoms with Gasteiger partial charge < -0.3 is 10.5 Å². The molecule has 0 radical (unpaired) electrons. The number of para-hydroxylation sites is 1. The van der Waals surface area contributed by atoms with Crippen molar-refractivity contribution in [2.75, 3.05) is 10.5 Å². The highest BCUT2D eigenvalue weighted by Gasteiger charge is 2.35. The summed E-state index contributed by atoms with van der Waals surface area (Å²) in [5.41, 5.74) is 6.14. The smallest absolute Gasteiger partial charge is 0.271 e. The van der Waals surface area contributed by atoms with Gasteiger partial charge in [0.15, 0.2) is 9.84 Å². The minimum atomic E-state index is -4.07. The second-order valence-electron chi connectivity index (χ2n) is 7.15. The van der Waals surface area contributed by atoms with Crippen LogP contribution in [0.5, 0.6) is 5.75 Å². The van der Waals surface area contributed by atoms with Crippen LogP contribution in [0, 0.1) is 0 Å². The van der Waals surface area contributed by atoms with E-state index in [-0.39, 0.29) is 27.8 Å². The van der Waals surface area contributed by atoms with E-state index in [4.69, 9.17) is 22.1 Å². The maximum atomic E-state index is 13.1. The Morgan fingerprint density at radius 1 is 1.00 bits per heavy atom. The Kier molecular flexibility index (Phi) is 5.59. The van der Waals surface area contributed by atoms with Crippen molar-refractivity contribution in [3.8, 4) is 5.75 Å². The van der Waals surface area contributed by atoms with Crippen LogP contribution in [-0.4, -0.2) is 22.3 Å². The van der Waals surface area contributed by atoms with Crippen molar-refractivity contribution in [1.29, 1.82) is 0 Å². The molecule has 0 aromatic heterocycles. The van der Waals surface area contributed by atoms with Crippen LogP contribution < -0.4 is 15.2 Å². The highest BCUT2D eigenvalue weighted by molar-refractivity contribution is 7.93. The van der Waals surface area contributed by atoms with Crippen molar-refractivity contribution in [1.82, 2.24) is 0 Å². The molecule has 0 saturated carbocycles. The number of nitrogen functional groups attached to an aromatic ring is 1. The lowest BCUT2D eigenvalue weighted by molar-refractivity contribution is 0.307. The number of rotatable bonds is 6. The molecule has 0 saturated heterocycles. The lowest BCUT2D eigenvalue weighted by Crippen LogP contribution is -2.31. The second-order valence-corrected chi connectivity index (χ2v) is 11.4. The number of sulfonamides is 1. The molecule has 1 atom stereocenters. The van der Waals surface area contributed by atoms with Gasteiger partial charge in [0.2, 0.25) is 5.44 Å². The van der Waals surface area contributed by atoms with Crippen molar-refractivity contribution < 1.29 is 21.6 Å². The topological polar surface area (TPSA) is 116 Å². The number of ether oxygens (including phenoxy) is 1. The van der Waals surface area contributed by atoms with E-state index < -0.39 is 25.3 Å². The van der Waals surface area contributed by atoms with E-state index in [1.54, 1.807) is 48.5 Å². The fourth-order valence-electron chi connectivity index (χ4n) is 3.31. The molecule has 3 aromatic carbocycles. The third-order valence-corrected chi connectivity index (χ3v) is 8.26. The minimum absolute atomic E-state index is 0.123. The molecule has 0 spiro atoms. The van der Waals surface area contributed by atoms with Crippen molar-refractivity contribution in [3.05, 3.63) is 82.9 Å². The Labute approximate surface area is 185 Å². The van der Waals surface area contributed by atoms with E-state index in [1.165, 1.54) is 18.2 Å². The third kappa shape index (κ3) is 4.63. The van der Waals surface area contributed by atoms with E-state index in [1.807, 2.05) is 0 Å². The highest BCUT2D eigenvalue weighted by Crippen LogP contribution is 2.33. The molecule has 0 bridgehead atoms. The number of anilines is 2. The SMILES string of the molecule is Nc1ccc(CS(=O)(=O)c2ccc(Cl)cc2NS(=O)(=O)C2Cc3ccccc3O2)cc1. The molecule has 3 aromatic rings. The summed E-state index contributed by atoms with van der Waals surface area (Å²) in [5.74, 6) is 0.162. The standard InChI is InChI=1S/C21H19ClN2O5S2/c22-16-7-10-20(30(25,26)13-14-5-8-17(23)9-6-14)18(12-16)24-31(27,28)21-11-15-3-1-2-4-19(15)29-21/h1-10,12,21,24H,11,13,23H2. The van der Waals surface area contributed by atoms with Crippen molar-refractivity contribution >= 4 is 42.8 Å². The van der Waals surface area contributed by atoms with Crippen molar-refractivity contribution in [3.63, 3.8) is 0 Å². The molecule has 10 heteroatoms. The third-order valence-electron chi connectivity index (χ3n) is 4.83. The Bertz CT molecular complexity index is 1320. The Morgan fingerprint density at radius 3 is 2.42 bits per heavy atom. The first kappa shape index (κ1) is 21.5. The van der Waals surface area contributed by atoms with E-state index in [0.717, 1.165) is 5.56 Å². The number of hydrogen-bond donors (Lipinski definition) is 2. The molecule has 4 rings (SSSR count). The number of nitrogens with one attached hydrogen (secondary N) is 1. The average Bonchev–Trinajstić information content (AvgIpc) is 3.14. The van der Waals surface area contributed by atoms with Crippen LogP contribution >= 0.6 is 11.6 Å². The molecule has 1 aliphatic rings. The van der Waals surface area contributed by atoms with Crippen LogP contribution in [0.4, 0.5) is 11.4 Å². The molecule has 1 heterocycles. The molecule has 3 N–H and O–H groups in total. The summed E-state index contributed by atoms with van der Waals surface area (Å²) in [5, 5.41) is 0.194. The van der Waals surface area contributed by atoms with Crippen LogP contribution in [0.15, 0.2) is 71.6 Å². The summed E-state index contributed by atoms with van der Waals surface area (Å²) in [6.45, 7) is 0. The summed E-state index contributed by atoms with van der Waals surface area (Å²) in [6.07, 6.45) is 0.152. The Morgan fingerprint density at radius 2 is 1.71 bits per heavy atom. The highest BCUT2D eigenvalue weighted by atomic mass is 35.5. The monoisotopic (exact) mass is 478 g/mol. The number of halogens is 1. The summed E-state index contributed by atoms with van der Waals surface area (Å²) in [6, 6.07) is 17.4. The first-order valence-corrected chi connectivity index (χ1v) is 12.8. The quantitative estimate of drug-likeness (QED) is 0.523. The molecule has 1 unspecified atom stereocenters. The van der Waals surface area contributed by atoms with E-state index in [9.17, 15) is 16.8 Å². The normalized spacial score (nSPS) is 15.8. The fraction of sp³-hybridized carbons (Fsp3) is 0.143. The first-order valence-electron chi connectivity index (χ1n) is 9.27. The van der Waals surface area contributed by atoms with Crippen LogP contribution in [0.2, 0.25) is 5.02 Å². The lowest BCUT2D eigenvalue weighted by Gasteiger charge is -2.17. The summed E-state index contributed by atoms with van der Waals surface area (Å²) >= 11 is 6.03. The zero-order valence-corrected chi connectivity index (χ0v) is 18.5. The van der Waals surface area contributed by atoms with Crippen LogP contribution in [0.25, 0.3) is 0 Å². The number of benzene rings is 3. The van der Waals surface area contributed by atoms with Gasteiger partial charge in [-0.15, -0.1) is 0 Å². The average molecular weight is 479 g/mol. The van der Waals surface area contributed by atoms with Crippen molar-refractivity contribution in [2.45, 2.75) is 22.5 Å². The zero-order chi connectivity index (χ0) is 22.2. The molecular formula is C21H19ClN2O5S2. The molecule has 0 aliphatic carbocycles. The number of sulfone groups is 1. The van der Waals surface area contributed by atoms with Crippen LogP contribution in [0.1, 0.15) is 11.1 Å². The van der Waals surface area contributed by atoms with Gasteiger partial charge in [0, 0.05) is 17.1 Å². The Balaban J connectivity index is 1.63. The second kappa shape index (κ2) is 8.07. The van der Waals surface area contributed by atoms with E-state index >= 15 is 0 Å². The van der Waals surface area contributed by atoms with Crippen molar-refractivity contribution in [2.24, 2.45) is 0 Å². The maximum absolute atomic E-state index is 13.1. The fourth-order valence-corrected chi connectivity index (χ4v) is 6.29. The molecule has 162 valence electrons. The minimum Gasteiger partial charge on any atom is -0.472 e. The van der Waals surface area contributed by atoms with Gasteiger partial charge >= 0.3 is 0 Å². The Hall–Kier alpha value is -2.75. The molecule has 0 amide bonds. The lowest BCUT2D eigenvalue weighted by atomic mass is 10.2. The van der Waals surface area contributed by atoms with E-state index in [2.05, 4.69) is 4.72 Å². The predicted octanol–water partition coefficient (Wildman–Crippen LogP) is 3.60. The molecule has 7 nitrogen and oxygen atoms in total. The molecular weight excluding hydrogens is 460 g/mol. The van der Waals surface area contributed by atoms with Gasteiger partial charge in [0.25, 0.3) is 10.0 Å². The predicted molar refractivity (Wildman–Crippen MR) is 120 cm³/mol. The summed E-state index contributed by atoms with van der Waals surface area (Å²) in [7, 11) is -7.96. The molecule has 0 fully saturated rings. The first-order chi connectivity index (χ1) is 14.6. The van der Waals surface area contributed by atoms with Gasteiger partial charge in [-0.3, -0.25) is 4.72 Å². The van der Waals surface area contributed by atoms with Gasteiger partial charge in [-0.25, -0.2) is 16.8 Å². The van der Waals surface area contributed by atoms with Gasteiger partial charge in [-0.2, -0.15) is 0 Å². The molecule has 1 aliphatic heterocycles. The zero-order valence-electron chi connectivity index (χ0n) is 16.2. The summed E-state index contributed by atoms with van der Waals surface area (Å²) < 4.78 is 60.0. The number of nitrogens with two attached hydrogens (primary N) is 1. The summed E-state index contributed by atoms with van der Waals surface area (Å²) in [4.78, 5) is -0.173. The maximum Gasteiger partial charge on any atom is 0.271 e. The van der Waals surface area contributed by atoms with Crippen LogP contribution in [0.3, 0.4) is 0 Å². The van der Waals surface area contributed by atoms with Gasteiger partial charge in [0.05, 0.1) is 16.3 Å². The number of fused-ring (bicyclic) bond motifs is 1. The van der Waals surface area contributed by atoms with Crippen LogP contribution in [-0.2, 0) is 32.0 Å². The van der Waals surface area contributed by atoms with E-state index in [0.29, 0.717) is 17.0 Å². The van der Waals surface area contributed by atoms with Gasteiger partial charge in [-0.05, 0) is 47.5 Å².